The van der Waals surface area contributed by atoms with E-state index in [0.717, 1.165) is 19.8 Å². The highest BCUT2D eigenvalue weighted by atomic mass is 19.4. The Kier molecular flexibility index (Phi) is 5.83. The molecule has 1 atom stereocenters. The zero-order valence-corrected chi connectivity index (χ0v) is 17.9. The predicted octanol–water partition coefficient (Wildman–Crippen LogP) is 4.80. The van der Waals surface area contributed by atoms with Crippen LogP contribution in [0.4, 0.5) is 33.5 Å². The molecule has 1 aromatic rings. The molecule has 172 valence electrons. The van der Waals surface area contributed by atoms with Gasteiger partial charge in [0, 0.05) is 28.9 Å². The number of aliphatic imine (C=N–C) groups is 2. The van der Waals surface area contributed by atoms with E-state index >= 15 is 0 Å². The molecule has 0 aromatic carbocycles. The van der Waals surface area contributed by atoms with E-state index in [9.17, 15) is 22.0 Å². The number of nitrogens with one attached hydrogen (secondary N) is 2. The van der Waals surface area contributed by atoms with Gasteiger partial charge >= 0.3 is 6.18 Å². The number of halogens is 5. The summed E-state index contributed by atoms with van der Waals surface area (Å²) in [5.74, 6) is -0.265. The number of hydrogen-bond acceptors (Lipinski definition) is 3. The van der Waals surface area contributed by atoms with Crippen LogP contribution < -0.4 is 16.4 Å². The summed E-state index contributed by atoms with van der Waals surface area (Å²) in [7, 11) is 0. The topological polar surface area (TPSA) is 79.7 Å². The summed E-state index contributed by atoms with van der Waals surface area (Å²) in [6.07, 6.45) is -1.95. The number of nitrogens with zero attached hydrogens (tertiary/aromatic N) is 3. The first-order valence-electron chi connectivity index (χ1n) is 10.0. The predicted molar refractivity (Wildman–Crippen MR) is 111 cm³/mol. The van der Waals surface area contributed by atoms with Crippen molar-refractivity contribution in [2.24, 2.45) is 15.7 Å². The van der Waals surface area contributed by atoms with Crippen molar-refractivity contribution in [2.75, 3.05) is 5.32 Å². The highest BCUT2D eigenvalue weighted by Gasteiger charge is 2.41. The summed E-state index contributed by atoms with van der Waals surface area (Å²) in [5.41, 5.74) is 5.14. The number of nitrogens with two attached hydrogens (primary N) is 1. The van der Waals surface area contributed by atoms with Gasteiger partial charge in [0.25, 0.3) is 6.43 Å². The first-order chi connectivity index (χ1) is 14.3. The van der Waals surface area contributed by atoms with E-state index in [1.54, 1.807) is 13.1 Å². The van der Waals surface area contributed by atoms with Gasteiger partial charge in [0.05, 0.1) is 17.8 Å². The van der Waals surface area contributed by atoms with E-state index in [4.69, 9.17) is 5.73 Å². The largest absolute Gasteiger partial charge is 0.415 e. The quantitative estimate of drug-likeness (QED) is 0.320. The number of hydrogen-bond donors (Lipinski definition) is 3. The van der Waals surface area contributed by atoms with Gasteiger partial charge in [-0.15, -0.1) is 0 Å². The summed E-state index contributed by atoms with van der Waals surface area (Å²) in [6, 6.07) is 0. The van der Waals surface area contributed by atoms with Gasteiger partial charge in [-0.05, 0) is 33.1 Å². The van der Waals surface area contributed by atoms with Gasteiger partial charge in [0.15, 0.2) is 5.96 Å². The third-order valence-corrected chi connectivity index (χ3v) is 5.86. The minimum Gasteiger partial charge on any atom is -0.369 e. The van der Waals surface area contributed by atoms with Crippen molar-refractivity contribution < 1.29 is 22.0 Å². The second-order valence-corrected chi connectivity index (χ2v) is 8.59. The number of anilines is 1. The van der Waals surface area contributed by atoms with Crippen LogP contribution in [0, 0.1) is 0 Å². The second-order valence-electron chi connectivity index (χ2n) is 8.59. The number of rotatable bonds is 7. The molecule has 1 aliphatic heterocycles. The summed E-state index contributed by atoms with van der Waals surface area (Å²) in [5, 5.41) is 5.63. The average molecular weight is 446 g/mol. The van der Waals surface area contributed by atoms with Crippen molar-refractivity contribution in [1.82, 2.24) is 9.88 Å². The van der Waals surface area contributed by atoms with E-state index in [-0.39, 0.29) is 11.8 Å². The summed E-state index contributed by atoms with van der Waals surface area (Å²) in [6.45, 7) is 6.01. The number of aromatic nitrogens is 1. The Morgan fingerprint density at radius 2 is 1.97 bits per heavy atom. The zero-order valence-electron chi connectivity index (χ0n) is 17.9. The van der Waals surface area contributed by atoms with Crippen molar-refractivity contribution >= 4 is 23.7 Å². The molecule has 1 unspecified atom stereocenters. The third kappa shape index (κ3) is 4.85. The number of allylic oxidation sites excluding steroid dienone is 1. The van der Waals surface area contributed by atoms with Crippen molar-refractivity contribution in [1.29, 1.82) is 0 Å². The van der Waals surface area contributed by atoms with Crippen molar-refractivity contribution in [3.63, 3.8) is 0 Å². The lowest BCUT2D eigenvalue weighted by Gasteiger charge is -2.21. The lowest BCUT2D eigenvalue weighted by molar-refractivity contribution is -0.0926. The minimum atomic E-state index is -4.58. The van der Waals surface area contributed by atoms with E-state index in [1.165, 1.54) is 10.8 Å². The summed E-state index contributed by atoms with van der Waals surface area (Å²) in [4.78, 5) is 8.26. The molecular weight excluding hydrogens is 419 g/mol. The first-order valence-corrected chi connectivity index (χ1v) is 10.0. The van der Waals surface area contributed by atoms with Crippen LogP contribution >= 0.6 is 0 Å². The van der Waals surface area contributed by atoms with Crippen molar-refractivity contribution in [3.05, 3.63) is 23.2 Å². The highest BCUT2D eigenvalue weighted by Crippen LogP contribution is 2.45. The van der Waals surface area contributed by atoms with Crippen molar-refractivity contribution in [2.45, 2.75) is 77.1 Å². The molecule has 0 bridgehead atoms. The fourth-order valence-electron chi connectivity index (χ4n) is 3.39. The van der Waals surface area contributed by atoms with Gasteiger partial charge in [-0.3, -0.25) is 0 Å². The molecule has 4 N–H and O–H groups in total. The summed E-state index contributed by atoms with van der Waals surface area (Å²) >= 11 is 0. The van der Waals surface area contributed by atoms with Gasteiger partial charge < -0.3 is 20.9 Å². The molecule has 6 nitrogen and oxygen atoms in total. The van der Waals surface area contributed by atoms with Gasteiger partial charge in [-0.1, -0.05) is 13.8 Å². The van der Waals surface area contributed by atoms with Crippen LogP contribution in [0.5, 0.6) is 0 Å². The molecule has 2 heterocycles. The fraction of sp³-hybridized carbons (Fsp3) is 0.600. The number of alkyl halides is 5. The van der Waals surface area contributed by atoms with Crippen LogP contribution in [0.2, 0.25) is 0 Å². The van der Waals surface area contributed by atoms with Gasteiger partial charge in [-0.2, -0.15) is 18.2 Å². The van der Waals surface area contributed by atoms with Gasteiger partial charge in [-0.25, -0.2) is 13.8 Å². The second kappa shape index (κ2) is 7.83. The monoisotopic (exact) mass is 446 g/mol. The smallest absolute Gasteiger partial charge is 0.369 e. The molecule has 0 amide bonds. The molecule has 0 spiro atoms. The van der Waals surface area contributed by atoms with Crippen LogP contribution in [-0.4, -0.2) is 34.9 Å². The molecule has 1 saturated carbocycles. The molecule has 1 aromatic heterocycles. The Balaban J connectivity index is 1.97. The molecule has 11 heteroatoms. The normalized spacial score (nSPS) is 23.1. The maximum Gasteiger partial charge on any atom is 0.415 e. The summed E-state index contributed by atoms with van der Waals surface area (Å²) < 4.78 is 67.2. The van der Waals surface area contributed by atoms with E-state index in [0.29, 0.717) is 23.5 Å². The third-order valence-electron chi connectivity index (χ3n) is 5.86. The van der Waals surface area contributed by atoms with Gasteiger partial charge in [0.2, 0.25) is 0 Å². The van der Waals surface area contributed by atoms with E-state index in [2.05, 4.69) is 20.6 Å². The van der Waals surface area contributed by atoms with Crippen LogP contribution in [0.3, 0.4) is 0 Å². The first kappa shape index (κ1) is 23.1. The Labute approximate surface area is 177 Å². The fourth-order valence-corrected chi connectivity index (χ4v) is 3.39. The molecule has 31 heavy (non-hydrogen) atoms. The standard InChI is InChI=1S/C20H27F5N6/c1-5-18(3)10-27-16-14(18)12(8-31(16)9-13(21)22)28-17(26)29-15(11(2)20(23,24)25)30-19(4)6-7-19/h8,10,13,30H,5-7,9H2,1-4H3,(H3,26,28,29)/b15-11-. The molecule has 0 radical (unpaired) electrons. The lowest BCUT2D eigenvalue weighted by atomic mass is 9.83. The van der Waals surface area contributed by atoms with Crippen LogP contribution in [0.15, 0.2) is 27.6 Å². The number of guanidine groups is 1. The van der Waals surface area contributed by atoms with Crippen LogP contribution in [0.1, 0.15) is 52.5 Å². The molecular formula is C20H27F5N6. The molecule has 1 aliphatic carbocycles. The van der Waals surface area contributed by atoms with E-state index in [1.807, 2.05) is 13.8 Å². The Morgan fingerprint density at radius 1 is 1.32 bits per heavy atom. The molecule has 1 fully saturated rings. The Morgan fingerprint density at radius 3 is 2.48 bits per heavy atom. The molecule has 3 rings (SSSR count). The maximum absolute atomic E-state index is 13.3. The number of fused-ring (bicyclic) bond motifs is 1. The lowest BCUT2D eigenvalue weighted by Crippen LogP contribution is -2.32. The van der Waals surface area contributed by atoms with E-state index < -0.39 is 35.7 Å². The zero-order chi connectivity index (χ0) is 23.2. The Hall–Kier alpha value is -2.59. The molecule has 2 aliphatic rings. The molecule has 0 saturated heterocycles. The van der Waals surface area contributed by atoms with Crippen LogP contribution in [0.25, 0.3) is 0 Å². The Bertz CT molecular complexity index is 939. The van der Waals surface area contributed by atoms with Crippen molar-refractivity contribution in [3.8, 4) is 0 Å². The van der Waals surface area contributed by atoms with Gasteiger partial charge in [0.1, 0.15) is 11.6 Å². The van der Waals surface area contributed by atoms with Crippen LogP contribution in [-0.2, 0) is 12.0 Å². The SMILES string of the molecule is CCC1(C)C=Nc2c1c(N/C(N)=N/C(NC1(C)CC1)=C(\C)C(F)(F)F)cn2CC(F)F. The highest BCUT2D eigenvalue weighted by molar-refractivity contribution is 5.98. The average Bonchev–Trinajstić information content (AvgIpc) is 3.12. The maximum atomic E-state index is 13.3. The minimum absolute atomic E-state index is 0.280.